The Balaban J connectivity index is 0.000000399. The first-order valence-corrected chi connectivity index (χ1v) is 8.87. The van der Waals surface area contributed by atoms with E-state index in [9.17, 15) is 21.7 Å². The average molecular weight is 370 g/mol. The molecule has 25 heavy (non-hydrogen) atoms. The Labute approximate surface area is 146 Å². The van der Waals surface area contributed by atoms with Crippen LogP contribution < -0.4 is 0 Å². The third-order valence-electron chi connectivity index (χ3n) is 3.42. The lowest BCUT2D eigenvalue weighted by Crippen LogP contribution is -2.05. The van der Waals surface area contributed by atoms with Crippen LogP contribution in [-0.4, -0.2) is 13.3 Å². The Morgan fingerprint density at radius 1 is 0.760 bits per heavy atom. The highest BCUT2D eigenvalue weighted by Gasteiger charge is 2.25. The SMILES string of the molecule is Cc1ccc([S+](CF)c2ccc3ccccc3c2)cc1.F[B-](F)(F)F. The maximum atomic E-state index is 13.5. The molecule has 0 saturated heterocycles. The van der Waals surface area contributed by atoms with E-state index in [2.05, 4.69) is 24.3 Å². The molecular weight excluding hydrogens is 354 g/mol. The number of benzene rings is 3. The summed E-state index contributed by atoms with van der Waals surface area (Å²) < 4.78 is 52.5. The molecule has 0 fully saturated rings. The summed E-state index contributed by atoms with van der Waals surface area (Å²) in [7, 11) is -6.49. The molecule has 0 aliphatic heterocycles. The van der Waals surface area contributed by atoms with E-state index in [0.29, 0.717) is 0 Å². The van der Waals surface area contributed by atoms with Crippen molar-refractivity contribution in [2.24, 2.45) is 0 Å². The molecule has 3 rings (SSSR count). The van der Waals surface area contributed by atoms with Crippen LogP contribution in [0, 0.1) is 6.92 Å². The lowest BCUT2D eigenvalue weighted by atomic mass is 10.1. The molecule has 0 radical (unpaired) electrons. The van der Waals surface area contributed by atoms with Gasteiger partial charge in [-0.15, -0.1) is 0 Å². The Morgan fingerprint density at radius 2 is 1.28 bits per heavy atom. The van der Waals surface area contributed by atoms with E-state index in [-0.39, 0.29) is 6.01 Å². The number of halogens is 5. The van der Waals surface area contributed by atoms with Gasteiger partial charge in [-0.25, -0.2) is 0 Å². The van der Waals surface area contributed by atoms with Crippen molar-refractivity contribution in [1.82, 2.24) is 0 Å². The van der Waals surface area contributed by atoms with Gasteiger partial charge < -0.3 is 17.3 Å². The fourth-order valence-electron chi connectivity index (χ4n) is 2.29. The fraction of sp³-hybridized carbons (Fsp3) is 0.111. The van der Waals surface area contributed by atoms with Crippen LogP contribution in [0.4, 0.5) is 21.7 Å². The highest BCUT2D eigenvalue weighted by molar-refractivity contribution is 7.96. The van der Waals surface area contributed by atoms with Gasteiger partial charge in [0, 0.05) is 6.07 Å². The second-order valence-corrected chi connectivity index (χ2v) is 7.26. The zero-order chi connectivity index (χ0) is 18.4. The molecule has 1 unspecified atom stereocenters. The third kappa shape index (κ3) is 6.09. The molecule has 1 atom stereocenters. The Kier molecular flexibility index (Phi) is 6.48. The van der Waals surface area contributed by atoms with Gasteiger partial charge >= 0.3 is 7.25 Å². The summed E-state index contributed by atoms with van der Waals surface area (Å²) in [6.07, 6.45) is 0. The first-order valence-electron chi connectivity index (χ1n) is 7.47. The molecule has 0 N–H and O–H groups in total. The molecule has 132 valence electrons. The maximum Gasteiger partial charge on any atom is 0.673 e. The van der Waals surface area contributed by atoms with Crippen LogP contribution in [0.1, 0.15) is 5.56 Å². The molecule has 0 aromatic heterocycles. The van der Waals surface area contributed by atoms with Gasteiger partial charge in [-0.2, -0.15) is 4.39 Å². The van der Waals surface area contributed by atoms with Gasteiger partial charge in [0.15, 0.2) is 9.79 Å². The van der Waals surface area contributed by atoms with Gasteiger partial charge in [0.1, 0.15) is 0 Å². The van der Waals surface area contributed by atoms with E-state index in [1.165, 1.54) is 16.3 Å². The second kappa shape index (κ2) is 8.38. The van der Waals surface area contributed by atoms with Crippen molar-refractivity contribution < 1.29 is 21.7 Å². The largest absolute Gasteiger partial charge is 0.673 e. The van der Waals surface area contributed by atoms with Gasteiger partial charge in [0.25, 0.3) is 6.01 Å². The highest BCUT2D eigenvalue weighted by Crippen LogP contribution is 2.27. The molecule has 0 nitrogen and oxygen atoms in total. The van der Waals surface area contributed by atoms with E-state index >= 15 is 0 Å². The number of alkyl halides is 1. The van der Waals surface area contributed by atoms with Crippen LogP contribution in [0.3, 0.4) is 0 Å². The molecule has 7 heteroatoms. The smallest absolute Gasteiger partial charge is 0.418 e. The van der Waals surface area contributed by atoms with Gasteiger partial charge in [0.2, 0.25) is 0 Å². The van der Waals surface area contributed by atoms with Crippen LogP contribution in [0.25, 0.3) is 10.8 Å². The number of fused-ring (bicyclic) bond motifs is 1. The summed E-state index contributed by atoms with van der Waals surface area (Å²) in [5.41, 5.74) is 1.20. The fourth-order valence-corrected chi connectivity index (χ4v) is 3.78. The first-order chi connectivity index (χ1) is 11.8. The van der Waals surface area contributed by atoms with E-state index < -0.39 is 18.1 Å². The molecule has 0 spiro atoms. The standard InChI is InChI=1S/C18H16FS.BF4/c1-14-6-9-17(10-7-14)20(13-19)18-11-8-15-4-2-3-5-16(15)12-18;2-1(3,4)5/h2-12H,13H2,1H3;/q+1;-1. The third-order valence-corrected chi connectivity index (χ3v) is 5.30. The molecule has 0 saturated carbocycles. The molecule has 0 aliphatic carbocycles. The average Bonchev–Trinajstić information content (AvgIpc) is 2.56. The molecule has 0 amide bonds. The highest BCUT2D eigenvalue weighted by atomic mass is 32.2. The van der Waals surface area contributed by atoms with Gasteiger partial charge in [-0.1, -0.05) is 42.0 Å². The van der Waals surface area contributed by atoms with Gasteiger partial charge in [-0.05, 0) is 42.0 Å². The van der Waals surface area contributed by atoms with E-state index in [1.54, 1.807) is 0 Å². The number of rotatable bonds is 3. The normalized spacial score (nSPS) is 12.4. The predicted molar refractivity (Wildman–Crippen MR) is 95.2 cm³/mol. The van der Waals surface area contributed by atoms with Crippen molar-refractivity contribution >= 4 is 28.9 Å². The molecule has 0 aliphatic rings. The van der Waals surface area contributed by atoms with Crippen molar-refractivity contribution in [2.45, 2.75) is 16.7 Å². The first kappa shape index (κ1) is 19.3. The maximum absolute atomic E-state index is 13.5. The minimum absolute atomic E-state index is 0.346. The van der Waals surface area contributed by atoms with Crippen molar-refractivity contribution in [3.63, 3.8) is 0 Å². The molecule has 3 aromatic carbocycles. The zero-order valence-electron chi connectivity index (χ0n) is 13.4. The van der Waals surface area contributed by atoms with Crippen LogP contribution in [-0.2, 0) is 10.9 Å². The summed E-state index contributed by atoms with van der Waals surface area (Å²) in [5.74, 6) is 0. The molecule has 0 bridgehead atoms. The van der Waals surface area contributed by atoms with Crippen molar-refractivity contribution in [3.8, 4) is 0 Å². The van der Waals surface area contributed by atoms with Crippen molar-refractivity contribution in [1.29, 1.82) is 0 Å². The summed E-state index contributed by atoms with van der Waals surface area (Å²) in [5, 5.41) is 2.37. The van der Waals surface area contributed by atoms with E-state index in [1.807, 2.05) is 49.4 Å². The Hall–Kier alpha value is -2.02. The lowest BCUT2D eigenvalue weighted by Gasteiger charge is -2.06. The van der Waals surface area contributed by atoms with Crippen LogP contribution >= 0.6 is 0 Å². The minimum atomic E-state index is -6.00. The quantitative estimate of drug-likeness (QED) is 0.284. The van der Waals surface area contributed by atoms with Crippen LogP contribution in [0.5, 0.6) is 0 Å². The molecule has 0 heterocycles. The summed E-state index contributed by atoms with van der Waals surface area (Å²) in [6.45, 7) is 2.05. The summed E-state index contributed by atoms with van der Waals surface area (Å²) in [6, 6.07) is 22.3. The lowest BCUT2D eigenvalue weighted by molar-refractivity contribution is 0.368. The Bertz CT molecular complexity index is 812. The zero-order valence-corrected chi connectivity index (χ0v) is 14.2. The van der Waals surface area contributed by atoms with Crippen LogP contribution in [0.2, 0.25) is 0 Å². The topological polar surface area (TPSA) is 0 Å². The predicted octanol–water partition coefficient (Wildman–Crippen LogP) is 6.41. The van der Waals surface area contributed by atoms with Gasteiger partial charge in [0.05, 0.1) is 10.9 Å². The Morgan fingerprint density at radius 3 is 1.84 bits per heavy atom. The van der Waals surface area contributed by atoms with Crippen molar-refractivity contribution in [3.05, 3.63) is 72.3 Å². The van der Waals surface area contributed by atoms with E-state index in [0.717, 1.165) is 9.79 Å². The monoisotopic (exact) mass is 370 g/mol. The summed E-state index contributed by atoms with van der Waals surface area (Å²) in [4.78, 5) is 2.13. The molecular formula is C18H16BF5S. The molecule has 3 aromatic rings. The van der Waals surface area contributed by atoms with Crippen LogP contribution in [0.15, 0.2) is 76.5 Å². The number of hydrogen-bond donors (Lipinski definition) is 0. The second-order valence-electron chi connectivity index (χ2n) is 5.32. The van der Waals surface area contributed by atoms with Crippen molar-refractivity contribution in [2.75, 3.05) is 6.01 Å². The number of hydrogen-bond acceptors (Lipinski definition) is 0. The van der Waals surface area contributed by atoms with E-state index in [4.69, 9.17) is 0 Å². The summed E-state index contributed by atoms with van der Waals surface area (Å²) >= 11 is 0. The number of aryl methyl sites for hydroxylation is 1. The minimum Gasteiger partial charge on any atom is -0.418 e. The van der Waals surface area contributed by atoms with Gasteiger partial charge in [-0.3, -0.25) is 0 Å².